The van der Waals surface area contributed by atoms with E-state index in [1.165, 1.54) is 40.9 Å². The van der Waals surface area contributed by atoms with E-state index in [-0.39, 0.29) is 11.3 Å². The van der Waals surface area contributed by atoms with Crippen LogP contribution >= 0.6 is 46.7 Å². The number of nitriles is 1. The number of anilines is 1. The molecule has 5 nitrogen and oxygen atoms in total. The molecule has 0 amide bonds. The van der Waals surface area contributed by atoms with Crippen molar-refractivity contribution in [3.63, 3.8) is 0 Å². The molecule has 1 heterocycles. The van der Waals surface area contributed by atoms with Gasteiger partial charge in [0.25, 0.3) is 0 Å². The zero-order valence-corrected chi connectivity index (χ0v) is 21.4. The summed E-state index contributed by atoms with van der Waals surface area (Å²) >= 11 is 16.1. The Balaban J connectivity index is 1.34. The van der Waals surface area contributed by atoms with E-state index in [0.29, 0.717) is 23.1 Å². The number of benzene rings is 3. The smallest absolute Gasteiger partial charge is 0.212 e. The Hall–Kier alpha value is -2.76. The molecule has 3 aliphatic carbocycles. The zero-order valence-electron chi connectivity index (χ0n) is 18.3. The number of aromatic nitrogens is 2. The normalized spacial score (nSPS) is 19.5. The first-order valence-corrected chi connectivity index (χ1v) is 13.4. The molecule has 35 heavy (non-hydrogen) atoms. The highest BCUT2D eigenvalue weighted by molar-refractivity contribution is 8.00. The van der Waals surface area contributed by atoms with Crippen LogP contribution in [0.3, 0.4) is 0 Å². The summed E-state index contributed by atoms with van der Waals surface area (Å²) in [6.07, 6.45) is 3.38. The van der Waals surface area contributed by atoms with Gasteiger partial charge in [-0.3, -0.25) is 0 Å². The standard InChI is InChI=1S/C26H18Cl2N4OS2/c27-20-5-1-3-18-23(20)17-9-10-26(18,19-4-2-6-21(28)24(17)19)13-33-22-8-7-16(11-15(22)12-29)34-32-25-30-14-31-35-25/h1-8,11,14,17H,9-10,13H2,(H,30,31,32). The Labute approximate surface area is 221 Å². The first-order valence-electron chi connectivity index (χ1n) is 11.0. The molecular weight excluding hydrogens is 519 g/mol. The second-order valence-corrected chi connectivity index (χ2v) is 11.1. The topological polar surface area (TPSA) is 70.8 Å². The maximum atomic E-state index is 9.83. The largest absolute Gasteiger partial charge is 0.491 e. The van der Waals surface area contributed by atoms with Gasteiger partial charge in [-0.05, 0) is 77.4 Å². The van der Waals surface area contributed by atoms with Gasteiger partial charge in [-0.15, -0.1) is 0 Å². The van der Waals surface area contributed by atoms with Crippen LogP contribution in [-0.4, -0.2) is 16.0 Å². The van der Waals surface area contributed by atoms with Crippen molar-refractivity contribution in [3.05, 3.63) is 98.8 Å². The fraction of sp³-hybridized carbons (Fsp3) is 0.192. The van der Waals surface area contributed by atoms with E-state index in [9.17, 15) is 5.26 Å². The van der Waals surface area contributed by atoms with Gasteiger partial charge in [0.1, 0.15) is 24.8 Å². The van der Waals surface area contributed by atoms with Crippen LogP contribution in [-0.2, 0) is 5.41 Å². The second-order valence-electron chi connectivity index (χ2n) is 8.58. The molecular formula is C26H18Cl2N4OS2. The predicted octanol–water partition coefficient (Wildman–Crippen LogP) is 7.44. The third-order valence-corrected chi connectivity index (χ3v) is 9.01. The van der Waals surface area contributed by atoms with E-state index in [1.54, 1.807) is 0 Å². The van der Waals surface area contributed by atoms with Gasteiger partial charge in [0, 0.05) is 32.4 Å². The summed E-state index contributed by atoms with van der Waals surface area (Å²) in [6, 6.07) is 20.1. The molecule has 0 aliphatic heterocycles. The Morgan fingerprint density at radius 2 is 1.86 bits per heavy atom. The zero-order chi connectivity index (χ0) is 24.0. The van der Waals surface area contributed by atoms with E-state index in [1.807, 2.05) is 42.5 Å². The van der Waals surface area contributed by atoms with Crippen molar-refractivity contribution in [1.82, 2.24) is 9.36 Å². The maximum Gasteiger partial charge on any atom is 0.212 e. The molecule has 1 N–H and O–H groups in total. The number of nitrogens with zero attached hydrogens (tertiary/aromatic N) is 3. The summed E-state index contributed by atoms with van der Waals surface area (Å²) in [5.74, 6) is 0.748. The first kappa shape index (κ1) is 22.7. The molecule has 2 bridgehead atoms. The van der Waals surface area contributed by atoms with Gasteiger partial charge in [0.15, 0.2) is 0 Å². The van der Waals surface area contributed by atoms with E-state index < -0.39 is 0 Å². The monoisotopic (exact) mass is 536 g/mol. The molecule has 0 fully saturated rings. The van der Waals surface area contributed by atoms with Crippen LogP contribution < -0.4 is 9.46 Å². The lowest BCUT2D eigenvalue weighted by atomic mass is 9.55. The number of nitrogens with one attached hydrogen (secondary N) is 1. The lowest BCUT2D eigenvalue weighted by Gasteiger charge is -2.49. The first-order chi connectivity index (χ1) is 17.1. The highest BCUT2D eigenvalue weighted by Gasteiger charge is 2.50. The van der Waals surface area contributed by atoms with Gasteiger partial charge >= 0.3 is 0 Å². The molecule has 3 aliphatic rings. The number of hydrogen-bond acceptors (Lipinski definition) is 7. The highest BCUT2D eigenvalue weighted by atomic mass is 35.5. The third kappa shape index (κ3) is 3.76. The molecule has 0 spiro atoms. The summed E-state index contributed by atoms with van der Waals surface area (Å²) in [5.41, 5.74) is 4.80. The lowest BCUT2D eigenvalue weighted by molar-refractivity contribution is 0.209. The molecule has 7 rings (SSSR count). The van der Waals surface area contributed by atoms with E-state index >= 15 is 0 Å². The number of hydrogen-bond donors (Lipinski definition) is 1. The molecule has 9 heteroatoms. The molecule has 4 aromatic rings. The van der Waals surface area contributed by atoms with Gasteiger partial charge in [-0.1, -0.05) is 47.5 Å². The molecule has 0 saturated heterocycles. The van der Waals surface area contributed by atoms with Crippen LogP contribution in [0.15, 0.2) is 65.8 Å². The van der Waals surface area contributed by atoms with Crippen LogP contribution in [0.5, 0.6) is 5.75 Å². The van der Waals surface area contributed by atoms with E-state index in [0.717, 1.165) is 38.9 Å². The summed E-state index contributed by atoms with van der Waals surface area (Å²) in [5, 5.41) is 12.1. The van der Waals surface area contributed by atoms with Crippen molar-refractivity contribution < 1.29 is 4.74 Å². The Morgan fingerprint density at radius 3 is 2.51 bits per heavy atom. The van der Waals surface area contributed by atoms with Gasteiger partial charge in [0.05, 0.1) is 11.0 Å². The Kier molecular flexibility index (Phi) is 5.85. The SMILES string of the molecule is N#Cc1cc(SNc2ncns2)ccc1OCC12CCC(c3c(Cl)cccc31)c1c(Cl)cccc12. The van der Waals surface area contributed by atoms with Crippen molar-refractivity contribution in [1.29, 1.82) is 5.26 Å². The predicted molar refractivity (Wildman–Crippen MR) is 141 cm³/mol. The molecule has 3 aromatic carbocycles. The summed E-state index contributed by atoms with van der Waals surface area (Å²) in [6.45, 7) is 0.393. The minimum absolute atomic E-state index is 0.191. The lowest BCUT2D eigenvalue weighted by Crippen LogP contribution is -2.44. The van der Waals surface area contributed by atoms with Crippen LogP contribution in [0.25, 0.3) is 0 Å². The van der Waals surface area contributed by atoms with E-state index in [4.69, 9.17) is 27.9 Å². The molecule has 174 valence electrons. The fourth-order valence-electron chi connectivity index (χ4n) is 5.39. The maximum absolute atomic E-state index is 9.83. The number of halogens is 2. The van der Waals surface area contributed by atoms with Crippen molar-refractivity contribution in [2.45, 2.75) is 29.1 Å². The van der Waals surface area contributed by atoms with E-state index in [2.05, 4.69) is 32.3 Å². The average molecular weight is 537 g/mol. The van der Waals surface area contributed by atoms with Crippen molar-refractivity contribution in [3.8, 4) is 11.8 Å². The molecule has 0 saturated carbocycles. The van der Waals surface area contributed by atoms with Gasteiger partial charge in [-0.2, -0.15) is 9.64 Å². The molecule has 0 radical (unpaired) electrons. The van der Waals surface area contributed by atoms with Crippen molar-refractivity contribution in [2.75, 3.05) is 11.3 Å². The summed E-state index contributed by atoms with van der Waals surface area (Å²) in [7, 11) is 0. The van der Waals surface area contributed by atoms with Crippen LogP contribution in [0.1, 0.15) is 46.6 Å². The highest BCUT2D eigenvalue weighted by Crippen LogP contribution is 2.59. The quantitative estimate of drug-likeness (QED) is 0.258. The van der Waals surface area contributed by atoms with Gasteiger partial charge in [0.2, 0.25) is 5.13 Å². The van der Waals surface area contributed by atoms with Crippen molar-refractivity contribution >= 4 is 51.8 Å². The number of fused-ring (bicyclic) bond motifs is 1. The molecule has 1 aromatic heterocycles. The van der Waals surface area contributed by atoms with Crippen molar-refractivity contribution in [2.24, 2.45) is 0 Å². The minimum Gasteiger partial charge on any atom is -0.491 e. The number of ether oxygens (including phenoxy) is 1. The van der Waals surface area contributed by atoms with Crippen LogP contribution in [0.2, 0.25) is 10.0 Å². The van der Waals surface area contributed by atoms with Crippen LogP contribution in [0.4, 0.5) is 5.13 Å². The second kappa shape index (κ2) is 9.03. The molecule has 0 unspecified atom stereocenters. The Bertz CT molecular complexity index is 1420. The summed E-state index contributed by atoms with van der Waals surface area (Å²) in [4.78, 5) is 4.99. The average Bonchev–Trinajstić information content (AvgIpc) is 3.41. The van der Waals surface area contributed by atoms with Gasteiger partial charge in [-0.25, -0.2) is 4.98 Å². The third-order valence-electron chi connectivity index (χ3n) is 6.86. The molecule has 0 atom stereocenters. The van der Waals surface area contributed by atoms with Gasteiger partial charge < -0.3 is 9.46 Å². The minimum atomic E-state index is -0.380. The van der Waals surface area contributed by atoms with Crippen LogP contribution in [0, 0.1) is 11.3 Å². The number of rotatable bonds is 6. The summed E-state index contributed by atoms with van der Waals surface area (Å²) < 4.78 is 13.5. The Morgan fingerprint density at radius 1 is 1.11 bits per heavy atom. The fourth-order valence-corrected chi connectivity index (χ4v) is 7.14.